The van der Waals surface area contributed by atoms with Crippen LogP contribution in [0.3, 0.4) is 0 Å². The monoisotopic (exact) mass is 370 g/mol. The Balaban J connectivity index is 1.58. The summed E-state index contributed by atoms with van der Waals surface area (Å²) in [6.45, 7) is 4.88. The number of piperidine rings is 1. The van der Waals surface area contributed by atoms with Gasteiger partial charge in [-0.2, -0.15) is 0 Å². The maximum absolute atomic E-state index is 5.47. The molecule has 3 aromatic rings. The maximum Gasteiger partial charge on any atom is 0.226 e. The van der Waals surface area contributed by atoms with Gasteiger partial charge in [-0.15, -0.1) is 20.4 Å². The minimum Gasteiger partial charge on any atom is -0.425 e. The predicted molar refractivity (Wildman–Crippen MR) is 99.1 cm³/mol. The Kier molecular flexibility index (Phi) is 5.31. The van der Waals surface area contributed by atoms with E-state index < -0.39 is 0 Å². The van der Waals surface area contributed by atoms with Gasteiger partial charge in [0.25, 0.3) is 0 Å². The molecule has 0 amide bonds. The van der Waals surface area contributed by atoms with Crippen LogP contribution in [0.15, 0.2) is 39.9 Å². The summed E-state index contributed by atoms with van der Waals surface area (Å²) in [4.78, 5) is 2.46. The lowest BCUT2D eigenvalue weighted by molar-refractivity contribution is 0.214. The van der Waals surface area contributed by atoms with E-state index in [1.54, 1.807) is 18.7 Å². The molecule has 1 aliphatic heterocycles. The van der Waals surface area contributed by atoms with Crippen molar-refractivity contribution < 1.29 is 4.42 Å². The molecule has 0 radical (unpaired) electrons. The highest BCUT2D eigenvalue weighted by molar-refractivity contribution is 7.98. The molecule has 7 nitrogen and oxygen atoms in total. The highest BCUT2D eigenvalue weighted by atomic mass is 32.2. The van der Waals surface area contributed by atoms with Crippen molar-refractivity contribution in [1.82, 2.24) is 29.9 Å². The third-order valence-electron chi connectivity index (χ3n) is 4.42. The van der Waals surface area contributed by atoms with Gasteiger partial charge in [0, 0.05) is 12.6 Å². The molecule has 0 saturated carbocycles. The van der Waals surface area contributed by atoms with E-state index in [1.807, 2.05) is 18.2 Å². The molecule has 8 heteroatoms. The van der Waals surface area contributed by atoms with Crippen molar-refractivity contribution in [3.05, 3.63) is 47.9 Å². The van der Waals surface area contributed by atoms with Crippen LogP contribution in [-0.2, 0) is 12.3 Å². The van der Waals surface area contributed by atoms with Crippen LogP contribution in [0.1, 0.15) is 36.9 Å². The summed E-state index contributed by atoms with van der Waals surface area (Å²) < 4.78 is 7.61. The third-order valence-corrected chi connectivity index (χ3v) is 5.33. The zero-order valence-corrected chi connectivity index (χ0v) is 15.7. The fraction of sp³-hybridized carbons (Fsp3) is 0.444. The second-order valence-electron chi connectivity index (χ2n) is 6.41. The van der Waals surface area contributed by atoms with Crippen molar-refractivity contribution in [1.29, 1.82) is 0 Å². The molecule has 1 saturated heterocycles. The van der Waals surface area contributed by atoms with Gasteiger partial charge in [0.1, 0.15) is 0 Å². The molecule has 1 fully saturated rings. The van der Waals surface area contributed by atoms with E-state index in [0.717, 1.165) is 36.3 Å². The molecule has 0 N–H and O–H groups in total. The molecule has 0 aliphatic carbocycles. The number of benzene rings is 1. The van der Waals surface area contributed by atoms with Gasteiger partial charge < -0.3 is 4.42 Å². The number of thioether (sulfide) groups is 1. The van der Waals surface area contributed by atoms with Crippen LogP contribution >= 0.6 is 11.8 Å². The molecular formula is C18H22N6OS. The summed E-state index contributed by atoms with van der Waals surface area (Å²) >= 11 is 1.57. The molecule has 3 heterocycles. The van der Waals surface area contributed by atoms with E-state index in [4.69, 9.17) is 4.42 Å². The number of nitrogens with zero attached hydrogens (tertiary/aromatic N) is 6. The number of para-hydroxylation sites is 1. The molecule has 136 valence electrons. The standard InChI is InChI=1S/C18H22N6OS/c1-14-19-21-17(25-14)13-26-18-22-20-16(12-23-10-6-3-7-11-23)24(18)15-8-4-2-5-9-15/h2,4-5,8-9H,3,6-7,10-13H2,1H3. The first-order valence-electron chi connectivity index (χ1n) is 8.93. The van der Waals surface area contributed by atoms with E-state index in [0.29, 0.717) is 17.5 Å². The van der Waals surface area contributed by atoms with Crippen molar-refractivity contribution in [2.24, 2.45) is 0 Å². The molecule has 2 aromatic heterocycles. The normalized spacial score (nSPS) is 15.4. The fourth-order valence-electron chi connectivity index (χ4n) is 3.17. The van der Waals surface area contributed by atoms with Gasteiger partial charge in [0.05, 0.1) is 12.3 Å². The highest BCUT2D eigenvalue weighted by Gasteiger charge is 2.19. The molecule has 0 spiro atoms. The summed E-state index contributed by atoms with van der Waals surface area (Å²) in [5.41, 5.74) is 1.08. The second kappa shape index (κ2) is 8.01. The quantitative estimate of drug-likeness (QED) is 0.617. The van der Waals surface area contributed by atoms with E-state index in [1.165, 1.54) is 19.3 Å². The number of hydrogen-bond acceptors (Lipinski definition) is 7. The summed E-state index contributed by atoms with van der Waals surface area (Å²) in [7, 11) is 0. The van der Waals surface area contributed by atoms with Gasteiger partial charge in [-0.3, -0.25) is 9.47 Å². The summed E-state index contributed by atoms with van der Waals surface area (Å²) in [5.74, 6) is 2.74. The fourth-order valence-corrected chi connectivity index (χ4v) is 3.98. The first-order chi connectivity index (χ1) is 12.8. The Morgan fingerprint density at radius 1 is 1.00 bits per heavy atom. The van der Waals surface area contributed by atoms with Gasteiger partial charge in [-0.1, -0.05) is 36.4 Å². The average Bonchev–Trinajstić information content (AvgIpc) is 3.27. The van der Waals surface area contributed by atoms with E-state index in [2.05, 4.69) is 42.0 Å². The number of likely N-dealkylation sites (tertiary alicyclic amines) is 1. The summed E-state index contributed by atoms with van der Waals surface area (Å²) in [5, 5.41) is 17.7. The van der Waals surface area contributed by atoms with Crippen LogP contribution in [-0.4, -0.2) is 43.0 Å². The maximum atomic E-state index is 5.47. The zero-order valence-electron chi connectivity index (χ0n) is 14.8. The molecule has 0 unspecified atom stereocenters. The summed E-state index contributed by atoms with van der Waals surface area (Å²) in [6, 6.07) is 10.3. The van der Waals surface area contributed by atoms with Gasteiger partial charge in [0.2, 0.25) is 11.8 Å². The molecule has 1 aliphatic rings. The van der Waals surface area contributed by atoms with E-state index in [-0.39, 0.29) is 0 Å². The third kappa shape index (κ3) is 3.96. The van der Waals surface area contributed by atoms with E-state index >= 15 is 0 Å². The number of aryl methyl sites for hydroxylation is 1. The van der Waals surface area contributed by atoms with Crippen LogP contribution in [0.25, 0.3) is 5.69 Å². The van der Waals surface area contributed by atoms with Gasteiger partial charge in [-0.05, 0) is 38.1 Å². The number of rotatable bonds is 6. The Labute approximate surface area is 156 Å². The van der Waals surface area contributed by atoms with Crippen molar-refractivity contribution in [3.8, 4) is 5.69 Å². The van der Waals surface area contributed by atoms with Gasteiger partial charge >= 0.3 is 0 Å². The van der Waals surface area contributed by atoms with Crippen LogP contribution < -0.4 is 0 Å². The molecule has 0 atom stereocenters. The Bertz CT molecular complexity index is 841. The molecule has 26 heavy (non-hydrogen) atoms. The van der Waals surface area contributed by atoms with Crippen molar-refractivity contribution in [2.45, 2.75) is 43.6 Å². The predicted octanol–water partition coefficient (Wildman–Crippen LogP) is 3.24. The highest BCUT2D eigenvalue weighted by Crippen LogP contribution is 2.26. The number of hydrogen-bond donors (Lipinski definition) is 0. The van der Waals surface area contributed by atoms with Crippen LogP contribution in [0.4, 0.5) is 0 Å². The van der Waals surface area contributed by atoms with Crippen molar-refractivity contribution in [3.63, 3.8) is 0 Å². The van der Waals surface area contributed by atoms with Crippen LogP contribution in [0.5, 0.6) is 0 Å². The lowest BCUT2D eigenvalue weighted by atomic mass is 10.1. The minimum atomic E-state index is 0.579. The van der Waals surface area contributed by atoms with Crippen molar-refractivity contribution >= 4 is 11.8 Å². The smallest absolute Gasteiger partial charge is 0.226 e. The van der Waals surface area contributed by atoms with Crippen molar-refractivity contribution in [2.75, 3.05) is 13.1 Å². The molecule has 4 rings (SSSR count). The Hall–Kier alpha value is -2.19. The first kappa shape index (κ1) is 17.2. The van der Waals surface area contributed by atoms with Crippen LogP contribution in [0.2, 0.25) is 0 Å². The first-order valence-corrected chi connectivity index (χ1v) is 9.92. The zero-order chi connectivity index (χ0) is 17.8. The van der Waals surface area contributed by atoms with Gasteiger partial charge in [-0.25, -0.2) is 0 Å². The lowest BCUT2D eigenvalue weighted by Crippen LogP contribution is -2.30. The van der Waals surface area contributed by atoms with Gasteiger partial charge in [0.15, 0.2) is 11.0 Å². The van der Waals surface area contributed by atoms with E-state index in [9.17, 15) is 0 Å². The van der Waals surface area contributed by atoms with Crippen LogP contribution in [0, 0.1) is 6.92 Å². The summed E-state index contributed by atoms with van der Waals surface area (Å²) in [6.07, 6.45) is 3.85. The Morgan fingerprint density at radius 3 is 2.54 bits per heavy atom. The Morgan fingerprint density at radius 2 is 1.81 bits per heavy atom. The number of aromatic nitrogens is 5. The molecule has 1 aromatic carbocycles. The largest absolute Gasteiger partial charge is 0.425 e. The SMILES string of the molecule is Cc1nnc(CSc2nnc(CN3CCCCC3)n2-c2ccccc2)o1. The topological polar surface area (TPSA) is 72.9 Å². The molecular weight excluding hydrogens is 348 g/mol. The average molecular weight is 370 g/mol. The lowest BCUT2D eigenvalue weighted by Gasteiger charge is -2.26. The molecule has 0 bridgehead atoms. The minimum absolute atomic E-state index is 0.579. The second-order valence-corrected chi connectivity index (χ2v) is 7.35.